The van der Waals surface area contributed by atoms with Crippen LogP contribution in [0.25, 0.3) is 0 Å². The number of nitrogens with one attached hydrogen (secondary N) is 2. The highest BCUT2D eigenvalue weighted by Crippen LogP contribution is 2.30. The Hall–Kier alpha value is -2.82. The van der Waals surface area contributed by atoms with Crippen molar-refractivity contribution in [2.24, 2.45) is 0 Å². The number of ketones is 1. The number of carboxylic acid groups (broad SMARTS) is 1. The molecule has 3 N–H and O–H groups in total. The Kier molecular flexibility index (Phi) is 3.78. The largest absolute Gasteiger partial charge is 0.465 e. The summed E-state index contributed by atoms with van der Waals surface area (Å²) in [6.45, 7) is 0. The highest BCUT2D eigenvalue weighted by atomic mass is 16.4. The molecular weight excluding hydrogens is 280 g/mol. The van der Waals surface area contributed by atoms with E-state index >= 15 is 0 Å². The van der Waals surface area contributed by atoms with E-state index in [0.717, 1.165) is 16.8 Å². The van der Waals surface area contributed by atoms with Crippen molar-refractivity contribution in [3.05, 3.63) is 65.7 Å². The Morgan fingerprint density at radius 3 is 2.50 bits per heavy atom. The third-order valence-electron chi connectivity index (χ3n) is 3.81. The van der Waals surface area contributed by atoms with Crippen molar-refractivity contribution in [2.75, 3.05) is 5.32 Å². The predicted octanol–water partition coefficient (Wildman–Crippen LogP) is 2.60. The van der Waals surface area contributed by atoms with Crippen molar-refractivity contribution in [3.8, 4) is 0 Å². The number of hydrogen-bond donors (Lipinski definition) is 3. The van der Waals surface area contributed by atoms with E-state index < -0.39 is 18.2 Å². The average molecular weight is 296 g/mol. The maximum atomic E-state index is 12.5. The molecular formula is C17H16N2O3. The molecule has 1 heterocycles. The van der Waals surface area contributed by atoms with Crippen LogP contribution in [0, 0.1) is 0 Å². The molecule has 1 amide bonds. The maximum absolute atomic E-state index is 12.5. The van der Waals surface area contributed by atoms with Crippen LogP contribution in [-0.2, 0) is 11.2 Å². The Morgan fingerprint density at radius 2 is 1.77 bits per heavy atom. The zero-order valence-corrected chi connectivity index (χ0v) is 11.8. The summed E-state index contributed by atoms with van der Waals surface area (Å²) in [5.41, 5.74) is 2.61. The second-order valence-electron chi connectivity index (χ2n) is 5.26. The molecule has 0 aromatic heterocycles. The van der Waals surface area contributed by atoms with Crippen molar-refractivity contribution in [1.29, 1.82) is 0 Å². The summed E-state index contributed by atoms with van der Waals surface area (Å²) >= 11 is 0. The first-order valence-electron chi connectivity index (χ1n) is 7.07. The molecule has 0 spiro atoms. The van der Waals surface area contributed by atoms with Crippen LogP contribution in [0.5, 0.6) is 0 Å². The monoisotopic (exact) mass is 296 g/mol. The molecule has 0 fully saturated rings. The van der Waals surface area contributed by atoms with Gasteiger partial charge in [0.2, 0.25) is 0 Å². The first kappa shape index (κ1) is 14.1. The number of rotatable bonds is 2. The Labute approximate surface area is 128 Å². The van der Waals surface area contributed by atoms with Gasteiger partial charge in [-0.05, 0) is 17.2 Å². The van der Waals surface area contributed by atoms with Crippen LogP contribution in [0.4, 0.5) is 10.5 Å². The number of carbonyl (C=O) groups excluding carboxylic acids is 1. The summed E-state index contributed by atoms with van der Waals surface area (Å²) < 4.78 is 0. The highest BCUT2D eigenvalue weighted by molar-refractivity contribution is 5.92. The molecule has 5 nitrogen and oxygen atoms in total. The second kappa shape index (κ2) is 5.89. The van der Waals surface area contributed by atoms with Gasteiger partial charge in [-0.15, -0.1) is 0 Å². The Bertz CT molecular complexity index is 700. The van der Waals surface area contributed by atoms with E-state index in [0.29, 0.717) is 0 Å². The summed E-state index contributed by atoms with van der Waals surface area (Å²) in [5, 5.41) is 14.7. The van der Waals surface area contributed by atoms with Gasteiger partial charge in [0.15, 0.2) is 5.78 Å². The van der Waals surface area contributed by atoms with Crippen LogP contribution in [0.1, 0.15) is 17.2 Å². The lowest BCUT2D eigenvalue weighted by Crippen LogP contribution is -2.46. The van der Waals surface area contributed by atoms with E-state index in [1.54, 1.807) is 0 Å². The second-order valence-corrected chi connectivity index (χ2v) is 5.26. The van der Waals surface area contributed by atoms with Crippen molar-refractivity contribution >= 4 is 17.6 Å². The van der Waals surface area contributed by atoms with E-state index in [9.17, 15) is 9.59 Å². The Balaban J connectivity index is 2.04. The normalized spacial score (nSPS) is 20.5. The quantitative estimate of drug-likeness (QED) is 0.796. The number of anilines is 1. The smallest absolute Gasteiger partial charge is 0.405 e. The number of para-hydroxylation sites is 1. The van der Waals surface area contributed by atoms with Crippen LogP contribution in [0.2, 0.25) is 0 Å². The topological polar surface area (TPSA) is 78.4 Å². The molecule has 0 radical (unpaired) electrons. The molecule has 2 aromatic rings. The fourth-order valence-electron chi connectivity index (χ4n) is 2.78. The van der Waals surface area contributed by atoms with Crippen LogP contribution in [-0.4, -0.2) is 23.0 Å². The Morgan fingerprint density at radius 1 is 1.09 bits per heavy atom. The molecule has 3 rings (SSSR count). The zero-order chi connectivity index (χ0) is 15.5. The van der Waals surface area contributed by atoms with Gasteiger partial charge in [0.25, 0.3) is 0 Å². The average Bonchev–Trinajstić information content (AvgIpc) is 2.65. The van der Waals surface area contributed by atoms with E-state index in [1.165, 1.54) is 0 Å². The van der Waals surface area contributed by atoms with Gasteiger partial charge in [0, 0.05) is 12.1 Å². The lowest BCUT2D eigenvalue weighted by atomic mass is 9.95. The van der Waals surface area contributed by atoms with Crippen LogP contribution < -0.4 is 10.6 Å². The highest BCUT2D eigenvalue weighted by Gasteiger charge is 2.34. The van der Waals surface area contributed by atoms with E-state index in [4.69, 9.17) is 5.11 Å². The lowest BCUT2D eigenvalue weighted by molar-refractivity contribution is -0.120. The number of Topliss-reactive ketones (excluding diaryl/α,β-unsaturated/α-hetero) is 1. The molecule has 1 aliphatic heterocycles. The van der Waals surface area contributed by atoms with Gasteiger partial charge in [0.1, 0.15) is 6.04 Å². The van der Waals surface area contributed by atoms with Crippen LogP contribution >= 0.6 is 0 Å². The molecule has 0 saturated heterocycles. The summed E-state index contributed by atoms with van der Waals surface area (Å²) in [5.74, 6) is -0.145. The molecule has 112 valence electrons. The molecule has 22 heavy (non-hydrogen) atoms. The minimum absolute atomic E-state index is 0.145. The minimum Gasteiger partial charge on any atom is -0.465 e. The molecule has 0 saturated carbocycles. The van der Waals surface area contributed by atoms with Crippen molar-refractivity contribution in [3.63, 3.8) is 0 Å². The number of amides is 1. The van der Waals surface area contributed by atoms with E-state index in [1.807, 2.05) is 54.6 Å². The minimum atomic E-state index is -1.20. The van der Waals surface area contributed by atoms with Crippen LogP contribution in [0.3, 0.4) is 0 Å². The molecule has 2 atom stereocenters. The molecule has 1 aliphatic rings. The van der Waals surface area contributed by atoms with Crippen molar-refractivity contribution in [2.45, 2.75) is 18.5 Å². The molecule has 5 heteroatoms. The number of fused-ring (bicyclic) bond motifs is 1. The van der Waals surface area contributed by atoms with Gasteiger partial charge in [0.05, 0.1) is 6.04 Å². The predicted molar refractivity (Wildman–Crippen MR) is 82.9 cm³/mol. The van der Waals surface area contributed by atoms with Gasteiger partial charge in [-0.25, -0.2) is 4.79 Å². The summed E-state index contributed by atoms with van der Waals surface area (Å²) in [4.78, 5) is 23.6. The maximum Gasteiger partial charge on any atom is 0.405 e. The first-order chi connectivity index (χ1) is 10.6. The van der Waals surface area contributed by atoms with Crippen LogP contribution in [0.15, 0.2) is 54.6 Å². The standard InChI is InChI=1S/C17H16N2O3/c20-14-10-12-8-4-5-9-13(12)18-15(16(14)19-17(21)22)11-6-2-1-3-7-11/h1-9,15-16,18-19H,10H2,(H,21,22). The zero-order valence-electron chi connectivity index (χ0n) is 11.8. The van der Waals surface area contributed by atoms with E-state index in [2.05, 4.69) is 10.6 Å². The molecule has 2 unspecified atom stereocenters. The third-order valence-corrected chi connectivity index (χ3v) is 3.81. The lowest BCUT2D eigenvalue weighted by Gasteiger charge is -2.26. The van der Waals surface area contributed by atoms with E-state index in [-0.39, 0.29) is 12.2 Å². The first-order valence-corrected chi connectivity index (χ1v) is 7.07. The van der Waals surface area contributed by atoms with Crippen molar-refractivity contribution < 1.29 is 14.7 Å². The fraction of sp³-hybridized carbons (Fsp3) is 0.176. The summed E-state index contributed by atoms with van der Waals surface area (Å²) in [7, 11) is 0. The number of benzene rings is 2. The van der Waals surface area contributed by atoms with Gasteiger partial charge in [-0.1, -0.05) is 48.5 Å². The SMILES string of the molecule is O=C(O)NC1C(=O)Cc2ccccc2NC1c1ccccc1. The van der Waals surface area contributed by atoms with Gasteiger partial charge >= 0.3 is 6.09 Å². The van der Waals surface area contributed by atoms with Gasteiger partial charge in [-0.2, -0.15) is 0 Å². The molecule has 0 aliphatic carbocycles. The van der Waals surface area contributed by atoms with Gasteiger partial charge in [-0.3, -0.25) is 4.79 Å². The number of carbonyl (C=O) groups is 2. The fourth-order valence-corrected chi connectivity index (χ4v) is 2.78. The molecule has 2 aromatic carbocycles. The third kappa shape index (κ3) is 2.79. The summed E-state index contributed by atoms with van der Waals surface area (Å²) in [6.07, 6.45) is -0.996. The summed E-state index contributed by atoms with van der Waals surface area (Å²) in [6, 6.07) is 15.7. The molecule has 0 bridgehead atoms. The van der Waals surface area contributed by atoms with Gasteiger partial charge < -0.3 is 15.7 Å². The van der Waals surface area contributed by atoms with Crippen molar-refractivity contribution in [1.82, 2.24) is 5.32 Å². The number of hydrogen-bond acceptors (Lipinski definition) is 3.